The lowest BCUT2D eigenvalue weighted by Gasteiger charge is -2.37. The van der Waals surface area contributed by atoms with Gasteiger partial charge in [-0.2, -0.15) is 0 Å². The predicted molar refractivity (Wildman–Crippen MR) is 79.2 cm³/mol. The van der Waals surface area contributed by atoms with Crippen LogP contribution in [0.5, 0.6) is 0 Å². The van der Waals surface area contributed by atoms with Gasteiger partial charge >= 0.3 is 0 Å². The van der Waals surface area contributed by atoms with Gasteiger partial charge in [0, 0.05) is 38.5 Å². The van der Waals surface area contributed by atoms with Crippen LogP contribution in [0.15, 0.2) is 12.4 Å². The molecule has 0 aliphatic rings. The maximum absolute atomic E-state index is 6.01. The fraction of sp³-hybridized carbons (Fsp3) is 0.800. The van der Waals surface area contributed by atoms with E-state index >= 15 is 0 Å². The second kappa shape index (κ2) is 7.06. The van der Waals surface area contributed by atoms with Crippen molar-refractivity contribution in [1.82, 2.24) is 14.9 Å². The van der Waals surface area contributed by atoms with Crippen LogP contribution in [-0.2, 0) is 18.2 Å². The summed E-state index contributed by atoms with van der Waals surface area (Å²) in [5.41, 5.74) is 0.105. The molecule has 1 aromatic heterocycles. The van der Waals surface area contributed by atoms with Crippen LogP contribution >= 0.6 is 0 Å². The predicted octanol–water partition coefficient (Wildman–Crippen LogP) is 2.39. The summed E-state index contributed by atoms with van der Waals surface area (Å²) in [5, 5.41) is 3.56. The number of imidazole rings is 1. The third kappa shape index (κ3) is 4.62. The Kier molecular flexibility index (Phi) is 6.01. The topological polar surface area (TPSA) is 39.1 Å². The van der Waals surface area contributed by atoms with Gasteiger partial charge in [-0.25, -0.2) is 4.98 Å². The lowest BCUT2D eigenvalue weighted by Crippen LogP contribution is -2.49. The molecule has 4 heteroatoms. The Bertz CT molecular complexity index is 368. The van der Waals surface area contributed by atoms with Gasteiger partial charge in [0.1, 0.15) is 5.82 Å². The zero-order chi connectivity index (χ0) is 14.5. The van der Waals surface area contributed by atoms with Crippen molar-refractivity contribution < 1.29 is 4.74 Å². The zero-order valence-corrected chi connectivity index (χ0v) is 13.2. The number of hydrogen-bond donors (Lipinski definition) is 1. The summed E-state index contributed by atoms with van der Waals surface area (Å²) in [4.78, 5) is 4.43. The minimum atomic E-state index is 0.105. The molecular weight excluding hydrogens is 238 g/mol. The quantitative estimate of drug-likeness (QED) is 0.824. The molecule has 2 unspecified atom stereocenters. The number of hydrogen-bond acceptors (Lipinski definition) is 3. The number of aromatic nitrogens is 2. The number of likely N-dealkylation sites (N-methyl/N-ethyl adjacent to an activating group) is 1. The highest BCUT2D eigenvalue weighted by Crippen LogP contribution is 2.26. The molecule has 1 N–H and O–H groups in total. The third-order valence-electron chi connectivity index (χ3n) is 3.35. The van der Waals surface area contributed by atoms with Crippen LogP contribution in [-0.4, -0.2) is 34.8 Å². The van der Waals surface area contributed by atoms with Gasteiger partial charge in [0.05, 0.1) is 6.10 Å². The van der Waals surface area contributed by atoms with Crippen molar-refractivity contribution in [3.8, 4) is 0 Å². The van der Waals surface area contributed by atoms with E-state index in [1.54, 1.807) is 0 Å². The monoisotopic (exact) mass is 267 g/mol. The largest absolute Gasteiger partial charge is 0.376 e. The van der Waals surface area contributed by atoms with Crippen molar-refractivity contribution in [2.75, 3.05) is 13.2 Å². The maximum Gasteiger partial charge on any atom is 0.110 e. The molecule has 1 heterocycles. The first-order valence-electron chi connectivity index (χ1n) is 7.21. The van der Waals surface area contributed by atoms with Gasteiger partial charge in [-0.05, 0) is 18.9 Å². The average molecular weight is 267 g/mol. The standard InChI is InChI=1S/C15H29N3O/c1-7-16-12(11-13-17-9-10-18(13)6)14(19-8-2)15(3,4)5/h9-10,12,14,16H,7-8,11H2,1-6H3. The zero-order valence-electron chi connectivity index (χ0n) is 13.2. The average Bonchev–Trinajstić information content (AvgIpc) is 2.70. The molecule has 0 saturated heterocycles. The van der Waals surface area contributed by atoms with E-state index in [4.69, 9.17) is 4.74 Å². The molecule has 0 saturated carbocycles. The molecule has 0 amide bonds. The Morgan fingerprint density at radius 1 is 1.37 bits per heavy atom. The highest BCUT2D eigenvalue weighted by Gasteiger charge is 2.33. The van der Waals surface area contributed by atoms with E-state index in [2.05, 4.69) is 49.5 Å². The van der Waals surface area contributed by atoms with E-state index in [1.807, 2.05) is 19.4 Å². The van der Waals surface area contributed by atoms with Gasteiger partial charge in [-0.3, -0.25) is 0 Å². The van der Waals surface area contributed by atoms with Crippen LogP contribution in [0.3, 0.4) is 0 Å². The smallest absolute Gasteiger partial charge is 0.110 e. The van der Waals surface area contributed by atoms with E-state index < -0.39 is 0 Å². The summed E-state index contributed by atoms with van der Waals surface area (Å²) < 4.78 is 8.09. The van der Waals surface area contributed by atoms with Crippen molar-refractivity contribution in [1.29, 1.82) is 0 Å². The molecule has 0 aliphatic heterocycles. The third-order valence-corrected chi connectivity index (χ3v) is 3.35. The Balaban J connectivity index is 2.87. The van der Waals surface area contributed by atoms with Crippen LogP contribution in [0.1, 0.15) is 40.4 Å². The molecule has 2 atom stereocenters. The highest BCUT2D eigenvalue weighted by atomic mass is 16.5. The van der Waals surface area contributed by atoms with E-state index in [1.165, 1.54) is 0 Å². The number of nitrogens with zero attached hydrogens (tertiary/aromatic N) is 2. The fourth-order valence-electron chi connectivity index (χ4n) is 2.49. The number of ether oxygens (including phenoxy) is 1. The van der Waals surface area contributed by atoms with Crippen LogP contribution in [0, 0.1) is 5.41 Å². The van der Waals surface area contributed by atoms with Crippen molar-refractivity contribution >= 4 is 0 Å². The minimum Gasteiger partial charge on any atom is -0.376 e. The fourth-order valence-corrected chi connectivity index (χ4v) is 2.49. The Labute approximate surface area is 117 Å². The second-order valence-corrected chi connectivity index (χ2v) is 6.06. The molecule has 1 rings (SSSR count). The number of rotatable bonds is 7. The molecule has 0 aromatic carbocycles. The summed E-state index contributed by atoms with van der Waals surface area (Å²) >= 11 is 0. The SMILES string of the molecule is CCNC(Cc1nccn1C)C(OCC)C(C)(C)C. The molecule has 0 spiro atoms. The molecule has 0 aliphatic carbocycles. The van der Waals surface area contributed by atoms with Crippen molar-refractivity contribution in [2.45, 2.75) is 53.2 Å². The first-order valence-corrected chi connectivity index (χ1v) is 7.21. The van der Waals surface area contributed by atoms with Gasteiger partial charge in [-0.1, -0.05) is 27.7 Å². The minimum absolute atomic E-state index is 0.105. The lowest BCUT2D eigenvalue weighted by molar-refractivity contribution is -0.0357. The molecule has 19 heavy (non-hydrogen) atoms. The Morgan fingerprint density at radius 2 is 2.05 bits per heavy atom. The van der Waals surface area contributed by atoms with Crippen molar-refractivity contribution in [2.24, 2.45) is 12.5 Å². The Hall–Kier alpha value is -0.870. The van der Waals surface area contributed by atoms with Crippen LogP contribution in [0.25, 0.3) is 0 Å². The molecule has 0 fully saturated rings. The molecule has 110 valence electrons. The summed E-state index contributed by atoms with van der Waals surface area (Å²) in [6.07, 6.45) is 4.91. The van der Waals surface area contributed by atoms with Gasteiger partial charge < -0.3 is 14.6 Å². The van der Waals surface area contributed by atoms with E-state index in [9.17, 15) is 0 Å². The van der Waals surface area contributed by atoms with E-state index in [0.717, 1.165) is 25.4 Å². The molecule has 1 aromatic rings. The van der Waals surface area contributed by atoms with Gasteiger partial charge in [-0.15, -0.1) is 0 Å². The first-order chi connectivity index (χ1) is 8.90. The second-order valence-electron chi connectivity index (χ2n) is 6.06. The maximum atomic E-state index is 6.01. The van der Waals surface area contributed by atoms with Crippen molar-refractivity contribution in [3.63, 3.8) is 0 Å². The summed E-state index contributed by atoms with van der Waals surface area (Å²) in [6, 6.07) is 0.283. The Morgan fingerprint density at radius 3 is 2.47 bits per heavy atom. The van der Waals surface area contributed by atoms with E-state index in [-0.39, 0.29) is 17.6 Å². The van der Waals surface area contributed by atoms with Gasteiger partial charge in [0.15, 0.2) is 0 Å². The molecule has 0 bridgehead atoms. The summed E-state index contributed by atoms with van der Waals surface area (Å²) in [5.74, 6) is 1.10. The van der Waals surface area contributed by atoms with Crippen molar-refractivity contribution in [3.05, 3.63) is 18.2 Å². The first kappa shape index (κ1) is 16.2. The number of aryl methyl sites for hydroxylation is 1. The normalized spacial score (nSPS) is 15.5. The van der Waals surface area contributed by atoms with E-state index in [0.29, 0.717) is 0 Å². The lowest BCUT2D eigenvalue weighted by atomic mass is 9.83. The highest BCUT2D eigenvalue weighted by molar-refractivity contribution is 4.98. The van der Waals surface area contributed by atoms with Gasteiger partial charge in [0.2, 0.25) is 0 Å². The molecule has 4 nitrogen and oxygen atoms in total. The van der Waals surface area contributed by atoms with Crippen LogP contribution in [0.4, 0.5) is 0 Å². The van der Waals surface area contributed by atoms with Crippen LogP contribution < -0.4 is 5.32 Å². The van der Waals surface area contributed by atoms with Crippen LogP contribution in [0.2, 0.25) is 0 Å². The number of nitrogens with one attached hydrogen (secondary N) is 1. The summed E-state index contributed by atoms with van der Waals surface area (Å²) in [7, 11) is 2.04. The molecule has 0 radical (unpaired) electrons. The van der Waals surface area contributed by atoms with Gasteiger partial charge in [0.25, 0.3) is 0 Å². The molecular formula is C15H29N3O. The summed E-state index contributed by atoms with van der Waals surface area (Å²) in [6.45, 7) is 12.6.